The summed E-state index contributed by atoms with van der Waals surface area (Å²) in [7, 11) is -2.00. The van der Waals surface area contributed by atoms with Gasteiger partial charge >= 0.3 is 0 Å². The maximum absolute atomic E-state index is 12.5. The van der Waals surface area contributed by atoms with Gasteiger partial charge in [0.05, 0.1) is 0 Å². The summed E-state index contributed by atoms with van der Waals surface area (Å²) in [5.74, 6) is 0.0963. The van der Waals surface area contributed by atoms with Crippen LogP contribution in [0.3, 0.4) is 0 Å². The van der Waals surface area contributed by atoms with E-state index >= 15 is 0 Å². The zero-order valence-corrected chi connectivity index (χ0v) is 14.7. The SMILES string of the molecule is CC(C)C(=O)C(O[Si](C)(C)C(C)(C)C)c1ccncc1. The van der Waals surface area contributed by atoms with Gasteiger partial charge in [-0.3, -0.25) is 9.78 Å². The zero-order chi connectivity index (χ0) is 15.6. The second-order valence-corrected chi connectivity index (χ2v) is 11.9. The Morgan fingerprint density at radius 1 is 1.20 bits per heavy atom. The van der Waals surface area contributed by atoms with E-state index in [0.717, 1.165) is 5.56 Å². The number of Topliss-reactive ketones (excluding diaryl/α,β-unsaturated/α-hetero) is 1. The maximum Gasteiger partial charge on any atom is 0.193 e. The second kappa shape index (κ2) is 6.18. The average Bonchev–Trinajstić information content (AvgIpc) is 2.34. The van der Waals surface area contributed by atoms with Crippen LogP contribution in [-0.4, -0.2) is 19.1 Å². The van der Waals surface area contributed by atoms with E-state index in [1.807, 2.05) is 26.0 Å². The molecule has 0 radical (unpaired) electrons. The van der Waals surface area contributed by atoms with Crippen LogP contribution in [0.2, 0.25) is 18.1 Å². The summed E-state index contributed by atoms with van der Waals surface area (Å²) in [5.41, 5.74) is 0.906. The van der Waals surface area contributed by atoms with Crippen LogP contribution in [0, 0.1) is 5.92 Å². The van der Waals surface area contributed by atoms with Crippen molar-refractivity contribution >= 4 is 14.1 Å². The summed E-state index contributed by atoms with van der Waals surface area (Å²) in [6.07, 6.45) is 2.95. The number of ketones is 1. The quantitative estimate of drug-likeness (QED) is 0.757. The standard InChI is InChI=1S/C16H27NO2Si/c1-12(2)14(18)15(13-8-10-17-11-9-13)19-20(6,7)16(3,4)5/h8-12,15H,1-7H3. The lowest BCUT2D eigenvalue weighted by Gasteiger charge is -2.39. The van der Waals surface area contributed by atoms with Crippen LogP contribution in [0.25, 0.3) is 0 Å². The minimum absolute atomic E-state index is 0.0436. The van der Waals surface area contributed by atoms with Gasteiger partial charge in [-0.1, -0.05) is 34.6 Å². The molecule has 1 rings (SSSR count). The van der Waals surface area contributed by atoms with Crippen molar-refractivity contribution in [3.8, 4) is 0 Å². The first-order chi connectivity index (χ1) is 9.06. The summed E-state index contributed by atoms with van der Waals surface area (Å²) in [5, 5.41) is 0.0789. The van der Waals surface area contributed by atoms with Crippen molar-refractivity contribution in [1.29, 1.82) is 0 Å². The highest BCUT2D eigenvalue weighted by Gasteiger charge is 2.41. The largest absolute Gasteiger partial charge is 0.403 e. The summed E-state index contributed by atoms with van der Waals surface area (Å²) in [4.78, 5) is 16.5. The number of hydrogen-bond donors (Lipinski definition) is 0. The van der Waals surface area contributed by atoms with E-state index in [1.165, 1.54) is 0 Å². The van der Waals surface area contributed by atoms with E-state index in [9.17, 15) is 4.79 Å². The monoisotopic (exact) mass is 293 g/mol. The Morgan fingerprint density at radius 2 is 1.70 bits per heavy atom. The molecule has 1 heterocycles. The molecule has 0 saturated carbocycles. The number of hydrogen-bond acceptors (Lipinski definition) is 3. The van der Waals surface area contributed by atoms with Gasteiger partial charge < -0.3 is 4.43 Å². The summed E-state index contributed by atoms with van der Waals surface area (Å²) >= 11 is 0. The third-order valence-electron chi connectivity index (χ3n) is 4.05. The molecule has 0 bridgehead atoms. The Morgan fingerprint density at radius 3 is 2.10 bits per heavy atom. The van der Waals surface area contributed by atoms with Gasteiger partial charge in [-0.15, -0.1) is 0 Å². The Kier molecular flexibility index (Phi) is 5.27. The molecule has 0 amide bonds. The number of carbonyl (C=O) groups is 1. The molecule has 0 aromatic carbocycles. The molecule has 3 nitrogen and oxygen atoms in total. The van der Waals surface area contributed by atoms with E-state index in [4.69, 9.17) is 4.43 Å². The molecule has 1 unspecified atom stereocenters. The molecule has 0 fully saturated rings. The van der Waals surface area contributed by atoms with E-state index in [1.54, 1.807) is 12.4 Å². The lowest BCUT2D eigenvalue weighted by molar-refractivity contribution is -0.129. The summed E-state index contributed by atoms with van der Waals surface area (Å²) in [6, 6.07) is 3.75. The predicted octanol–water partition coefficient (Wildman–Crippen LogP) is 4.37. The van der Waals surface area contributed by atoms with Crippen LogP contribution in [0.15, 0.2) is 24.5 Å². The number of nitrogens with zero attached hydrogens (tertiary/aromatic N) is 1. The highest BCUT2D eigenvalue weighted by Crippen LogP contribution is 2.40. The highest BCUT2D eigenvalue weighted by atomic mass is 28.4. The number of pyridine rings is 1. The van der Waals surface area contributed by atoms with Crippen molar-refractivity contribution in [3.63, 3.8) is 0 Å². The van der Waals surface area contributed by atoms with Gasteiger partial charge in [0.25, 0.3) is 0 Å². The van der Waals surface area contributed by atoms with Gasteiger partial charge in [0.2, 0.25) is 0 Å². The van der Waals surface area contributed by atoms with Crippen molar-refractivity contribution < 1.29 is 9.22 Å². The fraction of sp³-hybridized carbons (Fsp3) is 0.625. The van der Waals surface area contributed by atoms with E-state index in [0.29, 0.717) is 0 Å². The van der Waals surface area contributed by atoms with Gasteiger partial charge in [-0.2, -0.15) is 0 Å². The topological polar surface area (TPSA) is 39.2 Å². The molecule has 1 aromatic heterocycles. The van der Waals surface area contributed by atoms with Gasteiger partial charge in [-0.05, 0) is 35.8 Å². The Bertz CT molecular complexity index is 449. The average molecular weight is 293 g/mol. The molecule has 0 saturated heterocycles. The minimum Gasteiger partial charge on any atom is -0.403 e. The van der Waals surface area contributed by atoms with Crippen LogP contribution in [0.4, 0.5) is 0 Å². The van der Waals surface area contributed by atoms with E-state index in [2.05, 4.69) is 38.8 Å². The molecule has 1 atom stereocenters. The smallest absolute Gasteiger partial charge is 0.193 e. The molecule has 1 aromatic rings. The van der Waals surface area contributed by atoms with Crippen LogP contribution in [0.5, 0.6) is 0 Å². The second-order valence-electron chi connectivity index (χ2n) is 7.10. The summed E-state index contributed by atoms with van der Waals surface area (Å²) < 4.78 is 6.37. The first kappa shape index (κ1) is 17.0. The van der Waals surface area contributed by atoms with Crippen LogP contribution in [0.1, 0.15) is 46.3 Å². The third kappa shape index (κ3) is 3.99. The zero-order valence-electron chi connectivity index (χ0n) is 13.7. The first-order valence-corrected chi connectivity index (χ1v) is 10.1. The molecule has 20 heavy (non-hydrogen) atoms. The van der Waals surface area contributed by atoms with Gasteiger partial charge in [0, 0.05) is 18.3 Å². The molecule has 0 spiro atoms. The van der Waals surface area contributed by atoms with Crippen molar-refractivity contribution in [2.75, 3.05) is 0 Å². The molecular weight excluding hydrogens is 266 g/mol. The van der Waals surface area contributed by atoms with Crippen molar-refractivity contribution in [2.45, 2.75) is 58.9 Å². The van der Waals surface area contributed by atoms with Crippen molar-refractivity contribution in [2.24, 2.45) is 5.92 Å². The van der Waals surface area contributed by atoms with Crippen LogP contribution in [-0.2, 0) is 9.22 Å². The summed E-state index contributed by atoms with van der Waals surface area (Å²) in [6.45, 7) is 14.7. The molecule has 112 valence electrons. The number of rotatable bonds is 5. The third-order valence-corrected chi connectivity index (χ3v) is 8.49. The molecular formula is C16H27NO2Si. The van der Waals surface area contributed by atoms with E-state index < -0.39 is 14.4 Å². The van der Waals surface area contributed by atoms with E-state index in [-0.39, 0.29) is 16.7 Å². The first-order valence-electron chi connectivity index (χ1n) is 7.18. The lowest BCUT2D eigenvalue weighted by atomic mass is 9.99. The Balaban J connectivity index is 3.11. The van der Waals surface area contributed by atoms with Crippen LogP contribution < -0.4 is 0 Å². The van der Waals surface area contributed by atoms with Gasteiger partial charge in [-0.25, -0.2) is 0 Å². The maximum atomic E-state index is 12.5. The van der Waals surface area contributed by atoms with Crippen molar-refractivity contribution in [3.05, 3.63) is 30.1 Å². The molecule has 4 heteroatoms. The van der Waals surface area contributed by atoms with Crippen LogP contribution >= 0.6 is 0 Å². The van der Waals surface area contributed by atoms with Crippen molar-refractivity contribution in [1.82, 2.24) is 4.98 Å². The molecule has 0 N–H and O–H groups in total. The molecule has 0 aliphatic rings. The number of aromatic nitrogens is 1. The molecule has 0 aliphatic heterocycles. The fourth-order valence-electron chi connectivity index (χ4n) is 1.60. The molecule has 0 aliphatic carbocycles. The van der Waals surface area contributed by atoms with Gasteiger partial charge in [0.15, 0.2) is 14.1 Å². The minimum atomic E-state index is -2.00. The highest BCUT2D eigenvalue weighted by molar-refractivity contribution is 6.74. The van der Waals surface area contributed by atoms with Gasteiger partial charge in [0.1, 0.15) is 6.10 Å². The Hall–Kier alpha value is -1.00. The fourth-order valence-corrected chi connectivity index (χ4v) is 2.80. The normalized spacial score (nSPS) is 14.4. The Labute approximate surface area is 123 Å². The predicted molar refractivity (Wildman–Crippen MR) is 85.1 cm³/mol. The number of carbonyl (C=O) groups excluding carboxylic acids is 1. The lowest BCUT2D eigenvalue weighted by Crippen LogP contribution is -2.43.